The number of nitrogens with one attached hydrogen (secondary N) is 2. The fourth-order valence-corrected chi connectivity index (χ4v) is 4.32. The lowest BCUT2D eigenvalue weighted by Gasteiger charge is -2.44. The number of likely N-dealkylation sites (tertiary alicyclic amines) is 1. The van der Waals surface area contributed by atoms with Gasteiger partial charge in [0, 0.05) is 39.0 Å². The lowest BCUT2D eigenvalue weighted by atomic mass is 9.96. The average Bonchev–Trinajstić information content (AvgIpc) is 3.41. The zero-order valence-electron chi connectivity index (χ0n) is 14.7. The molecule has 25 heavy (non-hydrogen) atoms. The standard InChI is InChI=1S/C19H26N4OS/c1-22-17(24)16(13-14-5-3-2-4-6-14)21-19(22)9-11-23(12-10-19)18(25)20-15-7-8-15/h2-6,15-16,21H,7-13H2,1H3,(H,20,25)/t16-/m1/s1. The highest BCUT2D eigenvalue weighted by Crippen LogP contribution is 2.32. The van der Waals surface area contributed by atoms with Gasteiger partial charge in [-0.3, -0.25) is 10.1 Å². The van der Waals surface area contributed by atoms with Gasteiger partial charge in [-0.15, -0.1) is 0 Å². The predicted octanol–water partition coefficient (Wildman–Crippen LogP) is 1.49. The molecule has 2 heterocycles. The van der Waals surface area contributed by atoms with Crippen LogP contribution in [-0.2, 0) is 11.2 Å². The number of hydrogen-bond acceptors (Lipinski definition) is 3. The molecule has 0 radical (unpaired) electrons. The van der Waals surface area contributed by atoms with Crippen LogP contribution in [0.15, 0.2) is 30.3 Å². The summed E-state index contributed by atoms with van der Waals surface area (Å²) in [5, 5.41) is 7.95. The van der Waals surface area contributed by atoms with Gasteiger partial charge in [0.2, 0.25) is 5.91 Å². The summed E-state index contributed by atoms with van der Waals surface area (Å²) in [6.07, 6.45) is 5.03. The van der Waals surface area contributed by atoms with Crippen LogP contribution in [0.2, 0.25) is 0 Å². The Morgan fingerprint density at radius 1 is 1.28 bits per heavy atom. The molecule has 1 aromatic carbocycles. The third-order valence-electron chi connectivity index (χ3n) is 5.78. The number of rotatable bonds is 3. The van der Waals surface area contributed by atoms with E-state index in [9.17, 15) is 4.79 Å². The molecular formula is C19H26N4OS. The van der Waals surface area contributed by atoms with E-state index in [1.54, 1.807) is 0 Å². The molecule has 1 atom stereocenters. The van der Waals surface area contributed by atoms with Gasteiger partial charge >= 0.3 is 0 Å². The van der Waals surface area contributed by atoms with E-state index >= 15 is 0 Å². The van der Waals surface area contributed by atoms with Gasteiger partial charge in [-0.05, 0) is 37.0 Å². The second-order valence-electron chi connectivity index (χ2n) is 7.53. The Balaban J connectivity index is 1.39. The van der Waals surface area contributed by atoms with Crippen LogP contribution in [0, 0.1) is 0 Å². The van der Waals surface area contributed by atoms with E-state index < -0.39 is 0 Å². The van der Waals surface area contributed by atoms with Gasteiger partial charge in [0.15, 0.2) is 5.11 Å². The van der Waals surface area contributed by atoms with Crippen LogP contribution in [-0.4, -0.2) is 58.7 Å². The van der Waals surface area contributed by atoms with Crippen LogP contribution in [0.3, 0.4) is 0 Å². The molecule has 6 heteroatoms. The summed E-state index contributed by atoms with van der Waals surface area (Å²) in [6.45, 7) is 1.78. The van der Waals surface area contributed by atoms with Gasteiger partial charge in [0.1, 0.15) is 0 Å². The van der Waals surface area contributed by atoms with Crippen LogP contribution in [0.25, 0.3) is 0 Å². The highest BCUT2D eigenvalue weighted by molar-refractivity contribution is 7.80. The summed E-state index contributed by atoms with van der Waals surface area (Å²) in [5.41, 5.74) is 0.980. The molecule has 1 spiro atoms. The van der Waals surface area contributed by atoms with Crippen LogP contribution < -0.4 is 10.6 Å². The molecule has 2 aliphatic heterocycles. The molecule has 0 aromatic heterocycles. The SMILES string of the molecule is CN1C(=O)[C@@H](Cc2ccccc2)NC12CCN(C(=S)NC1CC1)CC2. The molecule has 5 nitrogen and oxygen atoms in total. The van der Waals surface area contributed by atoms with Gasteiger partial charge in [-0.1, -0.05) is 30.3 Å². The van der Waals surface area contributed by atoms with Crippen molar-refractivity contribution >= 4 is 23.2 Å². The maximum Gasteiger partial charge on any atom is 0.241 e. The van der Waals surface area contributed by atoms with Gasteiger partial charge < -0.3 is 15.1 Å². The first-order valence-electron chi connectivity index (χ1n) is 9.22. The Labute approximate surface area is 154 Å². The molecule has 0 bridgehead atoms. The summed E-state index contributed by atoms with van der Waals surface area (Å²) in [7, 11) is 1.94. The number of carbonyl (C=O) groups is 1. The highest BCUT2D eigenvalue weighted by atomic mass is 32.1. The number of likely N-dealkylation sites (N-methyl/N-ethyl adjacent to an activating group) is 1. The topological polar surface area (TPSA) is 47.6 Å². The molecular weight excluding hydrogens is 332 g/mol. The fraction of sp³-hybridized carbons (Fsp3) is 0.579. The summed E-state index contributed by atoms with van der Waals surface area (Å²) < 4.78 is 0. The quantitative estimate of drug-likeness (QED) is 0.802. The average molecular weight is 359 g/mol. The lowest BCUT2D eigenvalue weighted by Crippen LogP contribution is -2.59. The first kappa shape index (κ1) is 16.8. The largest absolute Gasteiger partial charge is 0.360 e. The Morgan fingerprint density at radius 3 is 2.60 bits per heavy atom. The van der Waals surface area contributed by atoms with Crippen molar-refractivity contribution in [1.82, 2.24) is 20.4 Å². The Kier molecular flexibility index (Phi) is 4.41. The van der Waals surface area contributed by atoms with Gasteiger partial charge in [0.25, 0.3) is 0 Å². The van der Waals surface area contributed by atoms with Crippen molar-refractivity contribution in [2.45, 2.75) is 49.9 Å². The normalized spacial score (nSPS) is 25.5. The van der Waals surface area contributed by atoms with Crippen molar-refractivity contribution in [3.63, 3.8) is 0 Å². The minimum absolute atomic E-state index is 0.129. The molecule has 134 valence electrons. The van der Waals surface area contributed by atoms with E-state index in [-0.39, 0.29) is 17.6 Å². The minimum Gasteiger partial charge on any atom is -0.360 e. The summed E-state index contributed by atoms with van der Waals surface area (Å²) in [5.74, 6) is 0.205. The summed E-state index contributed by atoms with van der Waals surface area (Å²) >= 11 is 5.53. The summed E-state index contributed by atoms with van der Waals surface area (Å²) in [6, 6.07) is 10.7. The van der Waals surface area contributed by atoms with Crippen molar-refractivity contribution in [1.29, 1.82) is 0 Å². The van der Waals surface area contributed by atoms with Gasteiger partial charge in [-0.2, -0.15) is 0 Å². The van der Waals surface area contributed by atoms with Crippen LogP contribution in [0.5, 0.6) is 0 Å². The number of hydrogen-bond donors (Lipinski definition) is 2. The molecule has 4 rings (SSSR count). The van der Waals surface area contributed by atoms with Crippen molar-refractivity contribution in [3.8, 4) is 0 Å². The molecule has 1 aliphatic carbocycles. The number of piperidine rings is 1. The molecule has 2 N–H and O–H groups in total. The van der Waals surface area contributed by atoms with Crippen molar-refractivity contribution in [2.75, 3.05) is 20.1 Å². The molecule has 1 amide bonds. The zero-order valence-corrected chi connectivity index (χ0v) is 15.5. The molecule has 0 unspecified atom stereocenters. The predicted molar refractivity (Wildman–Crippen MR) is 102 cm³/mol. The van der Waals surface area contributed by atoms with Crippen LogP contribution >= 0.6 is 12.2 Å². The molecule has 2 saturated heterocycles. The number of thiocarbonyl (C=S) groups is 1. The van der Waals surface area contributed by atoms with Crippen molar-refractivity contribution in [3.05, 3.63) is 35.9 Å². The molecule has 3 fully saturated rings. The maximum absolute atomic E-state index is 12.8. The van der Waals surface area contributed by atoms with E-state index in [0.717, 1.165) is 37.5 Å². The Morgan fingerprint density at radius 2 is 1.96 bits per heavy atom. The van der Waals surface area contributed by atoms with Crippen molar-refractivity contribution < 1.29 is 4.79 Å². The third-order valence-corrected chi connectivity index (χ3v) is 6.16. The first-order valence-corrected chi connectivity index (χ1v) is 9.63. The molecule has 1 saturated carbocycles. The van der Waals surface area contributed by atoms with Crippen LogP contribution in [0.4, 0.5) is 0 Å². The van der Waals surface area contributed by atoms with Gasteiger partial charge in [0.05, 0.1) is 11.7 Å². The fourth-order valence-electron chi connectivity index (χ4n) is 3.97. The van der Waals surface area contributed by atoms with Crippen molar-refractivity contribution in [2.24, 2.45) is 0 Å². The maximum atomic E-state index is 12.8. The number of nitrogens with zero attached hydrogens (tertiary/aromatic N) is 2. The number of carbonyl (C=O) groups excluding carboxylic acids is 1. The second-order valence-corrected chi connectivity index (χ2v) is 7.91. The zero-order chi connectivity index (χ0) is 17.4. The Hall–Kier alpha value is -1.66. The van der Waals surface area contributed by atoms with E-state index in [4.69, 9.17) is 12.2 Å². The molecule has 1 aromatic rings. The van der Waals surface area contributed by atoms with Crippen LogP contribution in [0.1, 0.15) is 31.2 Å². The Bertz CT molecular complexity index is 653. The van der Waals surface area contributed by atoms with E-state index in [1.165, 1.54) is 18.4 Å². The smallest absolute Gasteiger partial charge is 0.241 e. The van der Waals surface area contributed by atoms with E-state index in [0.29, 0.717) is 6.04 Å². The lowest BCUT2D eigenvalue weighted by molar-refractivity contribution is -0.131. The number of benzene rings is 1. The first-order chi connectivity index (χ1) is 12.1. The van der Waals surface area contributed by atoms with Gasteiger partial charge in [-0.25, -0.2) is 0 Å². The minimum atomic E-state index is -0.220. The summed E-state index contributed by atoms with van der Waals surface area (Å²) in [4.78, 5) is 17.0. The number of amides is 1. The third kappa shape index (κ3) is 3.37. The second kappa shape index (κ2) is 6.57. The molecule has 3 aliphatic rings. The van der Waals surface area contributed by atoms with E-state index in [2.05, 4.69) is 27.7 Å². The highest BCUT2D eigenvalue weighted by Gasteiger charge is 2.49. The monoisotopic (exact) mass is 358 g/mol. The van der Waals surface area contributed by atoms with E-state index in [1.807, 2.05) is 30.1 Å².